The molecule has 0 N–H and O–H groups in total. The number of hydrogen-bond donors (Lipinski definition) is 0. The predicted octanol–water partition coefficient (Wildman–Crippen LogP) is 3.14. The average molecular weight is 260 g/mol. The monoisotopic (exact) mass is 260 g/mol. The molecule has 2 saturated heterocycles. The Hall–Kier alpha value is -1.35. The molecule has 2 bridgehead atoms. The second kappa shape index (κ2) is 4.97. The molecule has 3 nitrogen and oxygen atoms in total. The maximum atomic E-state index is 12.6. The van der Waals surface area contributed by atoms with Gasteiger partial charge in [-0.1, -0.05) is 0 Å². The molecular weight excluding hydrogens is 240 g/mol. The molecule has 102 valence electrons. The maximum Gasteiger partial charge on any atom is 0.166 e. The molecular formula is C16H20O3. The standard InChI is InChI=1S/C16H20O3/c1-10-7-12(18-2)5-6-15(10)16(17)11-8-13-3-4-14(9-11)19-13/h5-7,11,13-14H,3-4,8-9H2,1-2H3. The molecule has 2 atom stereocenters. The summed E-state index contributed by atoms with van der Waals surface area (Å²) < 4.78 is 11.0. The van der Waals surface area contributed by atoms with Crippen LogP contribution in [0.1, 0.15) is 41.6 Å². The fourth-order valence-corrected chi connectivity index (χ4v) is 3.33. The minimum Gasteiger partial charge on any atom is -0.497 e. The fourth-order valence-electron chi connectivity index (χ4n) is 3.33. The first-order chi connectivity index (χ1) is 9.17. The molecule has 0 saturated carbocycles. The van der Waals surface area contributed by atoms with E-state index in [2.05, 4.69) is 0 Å². The Morgan fingerprint density at radius 2 is 1.95 bits per heavy atom. The lowest BCUT2D eigenvalue weighted by Crippen LogP contribution is -2.30. The van der Waals surface area contributed by atoms with Crippen molar-refractivity contribution in [2.45, 2.75) is 44.8 Å². The summed E-state index contributed by atoms with van der Waals surface area (Å²) in [5, 5.41) is 0. The first-order valence-corrected chi connectivity index (χ1v) is 7.01. The molecule has 3 rings (SSSR count). The van der Waals surface area contributed by atoms with Crippen molar-refractivity contribution in [2.24, 2.45) is 5.92 Å². The molecule has 19 heavy (non-hydrogen) atoms. The van der Waals surface area contributed by atoms with Gasteiger partial charge in [-0.25, -0.2) is 0 Å². The van der Waals surface area contributed by atoms with E-state index in [1.807, 2.05) is 25.1 Å². The van der Waals surface area contributed by atoms with E-state index in [1.165, 1.54) is 0 Å². The lowest BCUT2D eigenvalue weighted by atomic mass is 9.86. The van der Waals surface area contributed by atoms with E-state index in [1.54, 1.807) is 7.11 Å². The summed E-state index contributed by atoms with van der Waals surface area (Å²) in [4.78, 5) is 12.6. The lowest BCUT2D eigenvalue weighted by molar-refractivity contribution is -0.0149. The molecule has 0 radical (unpaired) electrons. The van der Waals surface area contributed by atoms with E-state index >= 15 is 0 Å². The van der Waals surface area contributed by atoms with Crippen LogP contribution in [0.15, 0.2) is 18.2 Å². The number of carbonyl (C=O) groups excluding carboxylic acids is 1. The SMILES string of the molecule is COc1ccc(C(=O)C2CC3CCC(C2)O3)c(C)c1. The number of Topliss-reactive ketones (excluding diaryl/α,β-unsaturated/α-hetero) is 1. The van der Waals surface area contributed by atoms with E-state index in [0.29, 0.717) is 12.2 Å². The van der Waals surface area contributed by atoms with Gasteiger partial charge in [0, 0.05) is 11.5 Å². The van der Waals surface area contributed by atoms with Gasteiger partial charge in [-0.15, -0.1) is 0 Å². The predicted molar refractivity (Wildman–Crippen MR) is 72.7 cm³/mol. The molecule has 2 aliphatic heterocycles. The molecule has 1 aromatic carbocycles. The number of aryl methyl sites for hydroxylation is 1. The molecule has 1 aromatic rings. The third-order valence-electron chi connectivity index (χ3n) is 4.36. The third kappa shape index (κ3) is 2.39. The second-order valence-corrected chi connectivity index (χ2v) is 5.67. The zero-order chi connectivity index (χ0) is 13.4. The minimum atomic E-state index is 0.137. The van der Waals surface area contributed by atoms with Gasteiger partial charge in [-0.05, 0) is 56.4 Å². The number of carbonyl (C=O) groups is 1. The van der Waals surface area contributed by atoms with Crippen LogP contribution in [0.25, 0.3) is 0 Å². The van der Waals surface area contributed by atoms with Crippen LogP contribution in [0.4, 0.5) is 0 Å². The Morgan fingerprint density at radius 3 is 2.53 bits per heavy atom. The first kappa shape index (κ1) is 12.7. The molecule has 2 aliphatic rings. The lowest BCUT2D eigenvalue weighted by Gasteiger charge is -2.27. The zero-order valence-corrected chi connectivity index (χ0v) is 11.5. The second-order valence-electron chi connectivity index (χ2n) is 5.67. The van der Waals surface area contributed by atoms with Gasteiger partial charge < -0.3 is 9.47 Å². The number of rotatable bonds is 3. The number of hydrogen-bond acceptors (Lipinski definition) is 3. The van der Waals surface area contributed by atoms with Crippen molar-refractivity contribution in [1.29, 1.82) is 0 Å². The minimum absolute atomic E-state index is 0.137. The van der Waals surface area contributed by atoms with Gasteiger partial charge in [0.1, 0.15) is 5.75 Å². The van der Waals surface area contributed by atoms with Crippen molar-refractivity contribution in [3.8, 4) is 5.75 Å². The quantitative estimate of drug-likeness (QED) is 0.783. The molecule has 2 fully saturated rings. The molecule has 2 unspecified atom stereocenters. The van der Waals surface area contributed by atoms with E-state index in [4.69, 9.17) is 9.47 Å². The van der Waals surface area contributed by atoms with Crippen LogP contribution in [0, 0.1) is 12.8 Å². The highest BCUT2D eigenvalue weighted by atomic mass is 16.5. The Labute approximate surface area is 113 Å². The van der Waals surface area contributed by atoms with Crippen LogP contribution in [0.2, 0.25) is 0 Å². The van der Waals surface area contributed by atoms with Gasteiger partial charge in [0.05, 0.1) is 19.3 Å². The number of benzene rings is 1. The van der Waals surface area contributed by atoms with Crippen LogP contribution in [0.5, 0.6) is 5.75 Å². The third-order valence-corrected chi connectivity index (χ3v) is 4.36. The maximum absolute atomic E-state index is 12.6. The Morgan fingerprint density at radius 1 is 1.26 bits per heavy atom. The summed E-state index contributed by atoms with van der Waals surface area (Å²) in [7, 11) is 1.65. The fraction of sp³-hybridized carbons (Fsp3) is 0.562. The summed E-state index contributed by atoms with van der Waals surface area (Å²) >= 11 is 0. The van der Waals surface area contributed by atoms with Crippen molar-refractivity contribution in [3.05, 3.63) is 29.3 Å². The van der Waals surface area contributed by atoms with Crippen molar-refractivity contribution < 1.29 is 14.3 Å². The summed E-state index contributed by atoms with van der Waals surface area (Å²) in [5.74, 6) is 1.22. The van der Waals surface area contributed by atoms with Crippen molar-refractivity contribution >= 4 is 5.78 Å². The topological polar surface area (TPSA) is 35.5 Å². The van der Waals surface area contributed by atoms with Gasteiger partial charge in [0.2, 0.25) is 0 Å². The van der Waals surface area contributed by atoms with Crippen molar-refractivity contribution in [3.63, 3.8) is 0 Å². The summed E-state index contributed by atoms with van der Waals surface area (Å²) in [6, 6.07) is 5.70. The van der Waals surface area contributed by atoms with E-state index < -0.39 is 0 Å². The van der Waals surface area contributed by atoms with Crippen LogP contribution in [0.3, 0.4) is 0 Å². The molecule has 0 aliphatic carbocycles. The summed E-state index contributed by atoms with van der Waals surface area (Å²) in [5.41, 5.74) is 1.84. The van der Waals surface area contributed by atoms with Gasteiger partial charge in [0.25, 0.3) is 0 Å². The highest BCUT2D eigenvalue weighted by molar-refractivity contribution is 5.99. The van der Waals surface area contributed by atoms with E-state index in [0.717, 1.165) is 42.6 Å². The van der Waals surface area contributed by atoms with Crippen LogP contribution in [-0.2, 0) is 4.74 Å². The molecule has 3 heteroatoms. The van der Waals surface area contributed by atoms with Crippen LogP contribution < -0.4 is 4.74 Å². The highest BCUT2D eigenvalue weighted by Crippen LogP contribution is 2.37. The number of ketones is 1. The van der Waals surface area contributed by atoms with E-state index in [-0.39, 0.29) is 11.7 Å². The number of ether oxygens (including phenoxy) is 2. The molecule has 0 aromatic heterocycles. The first-order valence-electron chi connectivity index (χ1n) is 7.01. The number of methoxy groups -OCH3 is 1. The molecule has 2 heterocycles. The van der Waals surface area contributed by atoms with Crippen molar-refractivity contribution in [1.82, 2.24) is 0 Å². The number of fused-ring (bicyclic) bond motifs is 2. The normalized spacial score (nSPS) is 29.3. The van der Waals surface area contributed by atoms with Crippen molar-refractivity contribution in [2.75, 3.05) is 7.11 Å². The smallest absolute Gasteiger partial charge is 0.166 e. The summed E-state index contributed by atoms with van der Waals surface area (Å²) in [6.45, 7) is 1.98. The Bertz CT molecular complexity index is 483. The average Bonchev–Trinajstić information content (AvgIpc) is 2.76. The Balaban J connectivity index is 1.80. The van der Waals surface area contributed by atoms with E-state index in [9.17, 15) is 4.79 Å². The largest absolute Gasteiger partial charge is 0.497 e. The van der Waals surface area contributed by atoms with Gasteiger partial charge in [-0.2, -0.15) is 0 Å². The molecule has 0 spiro atoms. The zero-order valence-electron chi connectivity index (χ0n) is 11.5. The van der Waals surface area contributed by atoms with Gasteiger partial charge >= 0.3 is 0 Å². The summed E-state index contributed by atoms with van der Waals surface area (Å²) in [6.07, 6.45) is 4.64. The molecule has 0 amide bonds. The van der Waals surface area contributed by atoms with Crippen LogP contribution in [-0.4, -0.2) is 25.1 Å². The van der Waals surface area contributed by atoms with Gasteiger partial charge in [-0.3, -0.25) is 4.79 Å². The van der Waals surface area contributed by atoms with Gasteiger partial charge in [0.15, 0.2) is 5.78 Å². The highest BCUT2D eigenvalue weighted by Gasteiger charge is 2.38. The Kier molecular flexibility index (Phi) is 3.31. The van der Waals surface area contributed by atoms with Crippen LogP contribution >= 0.6 is 0 Å².